The van der Waals surface area contributed by atoms with Gasteiger partial charge < -0.3 is 0 Å². The molecule has 1 aromatic rings. The van der Waals surface area contributed by atoms with Crippen molar-refractivity contribution >= 4 is 26.5 Å². The Hall–Kier alpha value is -1.39. The van der Waals surface area contributed by atoms with Crippen molar-refractivity contribution in [2.45, 2.75) is 90.6 Å². The Labute approximate surface area is 196 Å². The zero-order valence-electron chi connectivity index (χ0n) is 20.6. The van der Waals surface area contributed by atoms with Crippen molar-refractivity contribution < 1.29 is 0 Å². The van der Waals surface area contributed by atoms with Gasteiger partial charge in [-0.1, -0.05) is 95.9 Å². The van der Waals surface area contributed by atoms with Crippen LogP contribution >= 0.6 is 9.24 Å². The highest BCUT2D eigenvalue weighted by Crippen LogP contribution is 2.37. The molecule has 0 radical (unpaired) electrons. The van der Waals surface area contributed by atoms with E-state index in [-0.39, 0.29) is 0 Å². The van der Waals surface area contributed by atoms with Gasteiger partial charge in [-0.05, 0) is 77.9 Å². The third kappa shape index (κ3) is 8.94. The Kier molecular flexibility index (Phi) is 13.7. The molecule has 3 unspecified atom stereocenters. The Morgan fingerprint density at radius 2 is 1.71 bits per heavy atom. The molecule has 1 fully saturated rings. The molecule has 172 valence electrons. The van der Waals surface area contributed by atoms with Crippen LogP contribution in [0.5, 0.6) is 0 Å². The van der Waals surface area contributed by atoms with Crippen molar-refractivity contribution in [3.63, 3.8) is 0 Å². The molecule has 0 saturated heterocycles. The van der Waals surface area contributed by atoms with Crippen molar-refractivity contribution in [3.05, 3.63) is 67.3 Å². The highest BCUT2D eigenvalue weighted by atomic mass is 31.0. The number of hydrogen-bond acceptors (Lipinski definition) is 0. The largest absolute Gasteiger partial charge is 0.134 e. The van der Waals surface area contributed by atoms with Crippen molar-refractivity contribution in [2.24, 2.45) is 11.8 Å². The summed E-state index contributed by atoms with van der Waals surface area (Å²) in [6.07, 6.45) is 17.6. The minimum Gasteiger partial charge on any atom is -0.134 e. The van der Waals surface area contributed by atoms with E-state index in [1.54, 1.807) is 0 Å². The number of allylic oxidation sites excluding steroid dienone is 3. The maximum Gasteiger partial charge on any atom is -0.0109 e. The molecule has 0 spiro atoms. The molecule has 31 heavy (non-hydrogen) atoms. The van der Waals surface area contributed by atoms with Crippen LogP contribution < -0.4 is 0 Å². The van der Waals surface area contributed by atoms with E-state index in [2.05, 4.69) is 86.7 Å². The van der Waals surface area contributed by atoms with Crippen LogP contribution in [-0.4, -0.2) is 5.66 Å². The fourth-order valence-electron chi connectivity index (χ4n) is 4.71. The zero-order valence-corrected chi connectivity index (χ0v) is 21.8. The van der Waals surface area contributed by atoms with E-state index in [1.165, 1.54) is 85.6 Å². The van der Waals surface area contributed by atoms with Crippen LogP contribution in [0.1, 0.15) is 102 Å². The smallest absolute Gasteiger partial charge is 0.0109 e. The summed E-state index contributed by atoms with van der Waals surface area (Å²) in [5.41, 5.74) is 7.17. The summed E-state index contributed by atoms with van der Waals surface area (Å²) in [6.45, 7) is 21.8. The highest BCUT2D eigenvalue weighted by molar-refractivity contribution is 7.17. The van der Waals surface area contributed by atoms with Crippen LogP contribution in [0.4, 0.5) is 0 Å². The highest BCUT2D eigenvalue weighted by Gasteiger charge is 2.20. The minimum atomic E-state index is 0.530. The lowest BCUT2D eigenvalue weighted by atomic mass is 9.81. The second kappa shape index (κ2) is 15.4. The van der Waals surface area contributed by atoms with Crippen LogP contribution in [0.25, 0.3) is 17.2 Å². The van der Waals surface area contributed by atoms with E-state index in [0.29, 0.717) is 11.6 Å². The van der Waals surface area contributed by atoms with Crippen molar-refractivity contribution in [1.82, 2.24) is 0 Å². The maximum atomic E-state index is 4.58. The van der Waals surface area contributed by atoms with Crippen LogP contribution in [-0.2, 0) is 0 Å². The number of benzene rings is 1. The van der Waals surface area contributed by atoms with Crippen molar-refractivity contribution in [3.8, 4) is 0 Å². The summed E-state index contributed by atoms with van der Waals surface area (Å²) in [6, 6.07) is 6.71. The van der Waals surface area contributed by atoms with E-state index >= 15 is 0 Å². The quantitative estimate of drug-likeness (QED) is 0.194. The average Bonchev–Trinajstić information content (AvgIpc) is 3.07. The molecule has 0 aromatic heterocycles. The van der Waals surface area contributed by atoms with Crippen molar-refractivity contribution in [1.29, 1.82) is 0 Å². The summed E-state index contributed by atoms with van der Waals surface area (Å²) in [5, 5.41) is 0. The molecule has 0 N–H and O–H groups in total. The molecular formula is C30H47P. The molecule has 1 aliphatic rings. The molecule has 0 amide bonds. The van der Waals surface area contributed by atoms with Crippen LogP contribution in [0.2, 0.25) is 0 Å². The molecule has 0 heterocycles. The number of hydrogen-bond donors (Lipinski definition) is 0. The molecule has 3 atom stereocenters. The minimum absolute atomic E-state index is 0.530. The first kappa shape index (κ1) is 27.6. The molecule has 1 heteroatoms. The van der Waals surface area contributed by atoms with Crippen LogP contribution in [0.15, 0.2) is 50.6 Å². The van der Waals surface area contributed by atoms with Gasteiger partial charge in [0.15, 0.2) is 0 Å². The lowest BCUT2D eigenvalue weighted by Crippen LogP contribution is -2.08. The van der Waals surface area contributed by atoms with E-state index in [9.17, 15) is 0 Å². The standard InChI is InChI=1S/C28H43P.C2H4/c1-6-13-28-26(21(3)18-19-25(29)7-2)16-12-17-27(28)23(5)22(4)20-24-14-10-8-9-11-15-24;1-2/h6,12-13,16-17,22,24-25H,3,5,7-11,14-15,18-20,29H2,1-2,4H3;1-2H2/b13-6-;. The van der Waals surface area contributed by atoms with Gasteiger partial charge in [-0.25, -0.2) is 0 Å². The summed E-state index contributed by atoms with van der Waals surface area (Å²) in [7, 11) is 2.97. The van der Waals surface area contributed by atoms with Gasteiger partial charge in [0, 0.05) is 0 Å². The predicted molar refractivity (Wildman–Crippen MR) is 148 cm³/mol. The monoisotopic (exact) mass is 438 g/mol. The fourth-order valence-corrected chi connectivity index (χ4v) is 4.87. The van der Waals surface area contributed by atoms with Gasteiger partial charge in [-0.15, -0.1) is 22.4 Å². The molecule has 1 aliphatic carbocycles. The first-order valence-electron chi connectivity index (χ1n) is 12.4. The van der Waals surface area contributed by atoms with Gasteiger partial charge in [0.2, 0.25) is 0 Å². The Morgan fingerprint density at radius 1 is 1.10 bits per heavy atom. The third-order valence-corrected chi connectivity index (χ3v) is 7.57. The topological polar surface area (TPSA) is 0 Å². The van der Waals surface area contributed by atoms with E-state index in [1.807, 2.05) is 0 Å². The molecule has 2 rings (SSSR count). The lowest BCUT2D eigenvalue weighted by molar-refractivity contribution is 0.392. The second-order valence-corrected chi connectivity index (χ2v) is 10.0. The molecule has 0 aliphatic heterocycles. The fraction of sp³-hybridized carbons (Fsp3) is 0.533. The Balaban J connectivity index is 0.00000233. The summed E-state index contributed by atoms with van der Waals surface area (Å²) < 4.78 is 0. The Bertz CT molecular complexity index is 703. The predicted octanol–water partition coefficient (Wildman–Crippen LogP) is 9.98. The third-order valence-electron chi connectivity index (χ3n) is 6.76. The van der Waals surface area contributed by atoms with E-state index < -0.39 is 0 Å². The number of rotatable bonds is 10. The maximum absolute atomic E-state index is 4.58. The molecule has 1 aromatic carbocycles. The van der Waals surface area contributed by atoms with E-state index in [0.717, 1.165) is 12.3 Å². The molecule has 1 saturated carbocycles. The zero-order chi connectivity index (χ0) is 23.2. The van der Waals surface area contributed by atoms with Gasteiger partial charge >= 0.3 is 0 Å². The van der Waals surface area contributed by atoms with Crippen LogP contribution in [0.3, 0.4) is 0 Å². The summed E-state index contributed by atoms with van der Waals surface area (Å²) in [4.78, 5) is 0. The van der Waals surface area contributed by atoms with Gasteiger partial charge in [-0.2, -0.15) is 0 Å². The molecule has 0 nitrogen and oxygen atoms in total. The summed E-state index contributed by atoms with van der Waals surface area (Å²) >= 11 is 0. The van der Waals surface area contributed by atoms with Gasteiger partial charge in [0.1, 0.15) is 0 Å². The van der Waals surface area contributed by atoms with Gasteiger partial charge in [-0.3, -0.25) is 0 Å². The SMILES string of the molecule is C=C.C=C(CCC(P)CC)c1cccc(C(=C)C(C)CC2CCCCCC2)c1/C=C\C. The normalized spacial score (nSPS) is 16.8. The van der Waals surface area contributed by atoms with Crippen molar-refractivity contribution in [2.75, 3.05) is 0 Å². The Morgan fingerprint density at radius 3 is 2.29 bits per heavy atom. The lowest BCUT2D eigenvalue weighted by Gasteiger charge is -2.24. The molecular weight excluding hydrogens is 391 g/mol. The summed E-state index contributed by atoms with van der Waals surface area (Å²) in [5.74, 6) is 1.41. The van der Waals surface area contributed by atoms with Crippen LogP contribution in [0, 0.1) is 11.8 Å². The van der Waals surface area contributed by atoms with Gasteiger partial charge in [0.25, 0.3) is 0 Å². The first-order valence-corrected chi connectivity index (χ1v) is 13.0. The molecule has 0 bridgehead atoms. The van der Waals surface area contributed by atoms with E-state index in [4.69, 9.17) is 0 Å². The van der Waals surface area contributed by atoms with Gasteiger partial charge in [0.05, 0.1) is 0 Å². The second-order valence-electron chi connectivity index (χ2n) is 9.10. The average molecular weight is 439 g/mol. The first-order chi connectivity index (χ1) is 15.0.